The number of carbonyl (C=O) groups excluding carboxylic acids is 1. The van der Waals surface area contributed by atoms with Gasteiger partial charge in [0.2, 0.25) is 11.7 Å². The Balaban J connectivity index is 1.39. The molecule has 2 heterocycles. The van der Waals surface area contributed by atoms with Crippen molar-refractivity contribution in [3.63, 3.8) is 0 Å². The lowest BCUT2D eigenvalue weighted by Gasteiger charge is -2.59. The van der Waals surface area contributed by atoms with E-state index in [1.165, 1.54) is 38.5 Å². The van der Waals surface area contributed by atoms with Crippen molar-refractivity contribution in [3.8, 4) is 11.5 Å². The van der Waals surface area contributed by atoms with Gasteiger partial charge in [-0.15, -0.1) is 6.58 Å². The molecule has 2 N–H and O–H groups in total. The predicted octanol–water partition coefficient (Wildman–Crippen LogP) is 9.59. The number of amides is 1. The summed E-state index contributed by atoms with van der Waals surface area (Å²) in [4.78, 5) is 24.9. The highest BCUT2D eigenvalue weighted by Crippen LogP contribution is 2.61. The van der Waals surface area contributed by atoms with E-state index >= 15 is 0 Å². The van der Waals surface area contributed by atoms with Gasteiger partial charge in [0.1, 0.15) is 30.8 Å². The lowest BCUT2D eigenvalue weighted by Crippen LogP contribution is -2.69. The van der Waals surface area contributed by atoms with Crippen LogP contribution in [0.5, 0.6) is 11.5 Å². The molecule has 2 aromatic carbocycles. The van der Waals surface area contributed by atoms with Crippen molar-refractivity contribution >= 4 is 11.6 Å². The van der Waals surface area contributed by atoms with Gasteiger partial charge in [-0.05, 0) is 73.3 Å². The maximum Gasteiger partial charge on any atom is 0.239 e. The van der Waals surface area contributed by atoms with E-state index in [2.05, 4.69) is 30.5 Å². The van der Waals surface area contributed by atoms with Crippen molar-refractivity contribution in [2.75, 3.05) is 53.1 Å². The molecule has 61 heavy (non-hydrogen) atoms. The molecule has 1 saturated carbocycles. The van der Waals surface area contributed by atoms with Crippen LogP contribution in [0.1, 0.15) is 133 Å². The van der Waals surface area contributed by atoms with Crippen LogP contribution >= 0.6 is 0 Å². The Hall–Kier alpha value is -3.70. The molecule has 336 valence electrons. The van der Waals surface area contributed by atoms with Crippen molar-refractivity contribution in [2.24, 2.45) is 22.9 Å². The lowest BCUT2D eigenvalue weighted by atomic mass is 9.55. The van der Waals surface area contributed by atoms with Crippen LogP contribution in [-0.2, 0) is 21.0 Å². The van der Waals surface area contributed by atoms with Crippen molar-refractivity contribution in [1.82, 2.24) is 9.80 Å². The second-order valence-corrected chi connectivity index (χ2v) is 17.8. The Labute approximate surface area is 366 Å². The molecule has 2 fully saturated rings. The van der Waals surface area contributed by atoms with Gasteiger partial charge in [-0.25, -0.2) is 0 Å². The summed E-state index contributed by atoms with van der Waals surface area (Å²) in [5.41, 5.74) is 3.96. The number of nitrogens with zero attached hydrogens (tertiary/aromatic N) is 3. The summed E-state index contributed by atoms with van der Waals surface area (Å²) in [5.74, 6) is 0.305. The highest BCUT2D eigenvalue weighted by Gasteiger charge is 2.65. The maximum atomic E-state index is 14.4. The average Bonchev–Trinajstić information content (AvgIpc) is 4.11. The van der Waals surface area contributed by atoms with E-state index in [0.29, 0.717) is 32.5 Å². The molecule has 0 spiro atoms. The smallest absolute Gasteiger partial charge is 0.239 e. The van der Waals surface area contributed by atoms with Crippen molar-refractivity contribution in [3.05, 3.63) is 84.0 Å². The zero-order chi connectivity index (χ0) is 42.9. The predicted molar refractivity (Wildman–Crippen MR) is 243 cm³/mol. The molecular formula is C51H75N3O7. The maximum absolute atomic E-state index is 14.4. The molecule has 10 nitrogen and oxygen atoms in total. The second kappa shape index (κ2) is 24.2. The van der Waals surface area contributed by atoms with Gasteiger partial charge in [0.25, 0.3) is 0 Å². The number of fused-ring (bicyclic) bond motifs is 2. The first-order chi connectivity index (χ1) is 29.9. The number of hydrogen-bond donors (Lipinski definition) is 2. The van der Waals surface area contributed by atoms with Gasteiger partial charge >= 0.3 is 0 Å². The molecule has 10 heteroatoms. The fraction of sp³-hybridized carbons (Fsp3) is 0.647. The summed E-state index contributed by atoms with van der Waals surface area (Å²) in [6.07, 6.45) is 20.7. The van der Waals surface area contributed by atoms with Crippen molar-refractivity contribution in [1.29, 1.82) is 0 Å². The summed E-state index contributed by atoms with van der Waals surface area (Å²) >= 11 is 0. The number of oxime groups is 1. The quantitative estimate of drug-likeness (QED) is 0.0361. The first-order valence-electron chi connectivity index (χ1n) is 23.8. The summed E-state index contributed by atoms with van der Waals surface area (Å²) in [5, 5.41) is 24.8. The standard InChI is InChI=1S/C51H75N3O7/c1-4-6-7-8-9-10-11-12-16-25-48(57)53(3)47-37-45(52-60-38-39-21-14-13-15-22-39)43-35-40(23-17-19-31-55)42(24-18-20-32-56)49-44-36-41(58-34-30-54-28-29-54)26-27-46(44)61-51(47,50(43)49)59-33-5-2/h5,13-15,21-22,26-27,35-36,40,42,47,49-50,55-56H,2,4,6-12,16-20,23-25,28-34,37-38H2,1,3H3. The van der Waals surface area contributed by atoms with Gasteiger partial charge in [0.15, 0.2) is 0 Å². The molecule has 0 radical (unpaired) electrons. The fourth-order valence-corrected chi connectivity index (χ4v) is 10.1. The van der Waals surface area contributed by atoms with E-state index in [-0.39, 0.29) is 49.4 Å². The Morgan fingerprint density at radius 3 is 2.38 bits per heavy atom. The molecule has 0 aromatic heterocycles. The number of hydrogen-bond acceptors (Lipinski definition) is 9. The molecule has 0 bridgehead atoms. The van der Waals surface area contributed by atoms with Crippen molar-refractivity contribution < 1.29 is 34.1 Å². The third-order valence-corrected chi connectivity index (χ3v) is 13.5. The fourth-order valence-electron chi connectivity index (χ4n) is 10.1. The number of aliphatic hydroxyl groups excluding tert-OH is 2. The molecule has 1 amide bonds. The van der Waals surface area contributed by atoms with Crippen LogP contribution in [0.3, 0.4) is 0 Å². The average molecular weight is 842 g/mol. The first-order valence-corrected chi connectivity index (χ1v) is 23.8. The highest BCUT2D eigenvalue weighted by molar-refractivity contribution is 6.03. The minimum Gasteiger partial charge on any atom is -0.492 e. The normalized spacial score (nSPS) is 24.6. The number of ether oxygens (including phenoxy) is 3. The molecular weight excluding hydrogens is 767 g/mol. The van der Waals surface area contributed by atoms with Gasteiger partial charge in [0, 0.05) is 64.2 Å². The van der Waals surface area contributed by atoms with Gasteiger partial charge in [-0.3, -0.25) is 9.69 Å². The number of benzene rings is 2. The summed E-state index contributed by atoms with van der Waals surface area (Å²) in [6, 6.07) is 15.8. The van der Waals surface area contributed by atoms with Crippen LogP contribution < -0.4 is 9.47 Å². The Bertz CT molecular complexity index is 1710. The Kier molecular flexibility index (Phi) is 18.6. The molecule has 2 aliphatic carbocycles. The summed E-state index contributed by atoms with van der Waals surface area (Å²) in [7, 11) is 1.91. The van der Waals surface area contributed by atoms with Crippen LogP contribution in [0.25, 0.3) is 0 Å². The van der Waals surface area contributed by atoms with E-state index in [4.69, 9.17) is 24.2 Å². The van der Waals surface area contributed by atoms with Crippen LogP contribution in [0.2, 0.25) is 0 Å². The third-order valence-electron chi connectivity index (χ3n) is 13.5. The van der Waals surface area contributed by atoms with E-state index in [9.17, 15) is 15.0 Å². The lowest BCUT2D eigenvalue weighted by molar-refractivity contribution is -0.255. The van der Waals surface area contributed by atoms with Crippen LogP contribution in [0, 0.1) is 17.8 Å². The molecule has 1 saturated heterocycles. The van der Waals surface area contributed by atoms with Crippen molar-refractivity contribution in [2.45, 2.75) is 140 Å². The second-order valence-electron chi connectivity index (χ2n) is 17.8. The largest absolute Gasteiger partial charge is 0.492 e. The molecule has 4 aliphatic rings. The van der Waals surface area contributed by atoms with Crippen LogP contribution in [-0.4, -0.2) is 96.6 Å². The van der Waals surface area contributed by atoms with Crippen LogP contribution in [0.15, 0.2) is 78.0 Å². The van der Waals surface area contributed by atoms with E-state index in [0.717, 1.165) is 105 Å². The molecule has 2 aliphatic heterocycles. The van der Waals surface area contributed by atoms with Gasteiger partial charge in [0.05, 0.1) is 18.2 Å². The van der Waals surface area contributed by atoms with E-state index in [1.54, 1.807) is 6.08 Å². The zero-order valence-corrected chi connectivity index (χ0v) is 37.3. The Morgan fingerprint density at radius 1 is 0.951 bits per heavy atom. The highest BCUT2D eigenvalue weighted by atomic mass is 16.7. The number of rotatable bonds is 29. The monoisotopic (exact) mass is 842 g/mol. The van der Waals surface area contributed by atoms with Gasteiger partial charge < -0.3 is 34.2 Å². The minimum absolute atomic E-state index is 0.0739. The Morgan fingerprint density at radius 2 is 1.67 bits per heavy atom. The van der Waals surface area contributed by atoms with Gasteiger partial charge in [-0.1, -0.05) is 119 Å². The SMILES string of the molecule is C=CCOC12Oc3ccc(OCCN4CC4)cc3C3C(CCCCO)C(CCCCO)C=C(C(=NOCc4ccccc4)CC1N(C)C(=O)CCCCCCCCCCC)C32. The number of likely N-dealkylation sites (N-methyl/N-ethyl adjacent to an activating group) is 1. The van der Waals surface area contributed by atoms with Crippen LogP contribution in [0.4, 0.5) is 0 Å². The topological polar surface area (TPSA) is 113 Å². The molecule has 6 rings (SSSR count). The molecule has 6 unspecified atom stereocenters. The zero-order valence-electron chi connectivity index (χ0n) is 37.3. The number of carbonyl (C=O) groups is 1. The molecule has 6 atom stereocenters. The van der Waals surface area contributed by atoms with E-state index < -0.39 is 11.8 Å². The molecule has 2 aromatic rings. The number of allylic oxidation sites excluding steroid dienone is 1. The van der Waals surface area contributed by atoms with E-state index in [1.807, 2.05) is 54.4 Å². The third kappa shape index (κ3) is 12.5. The number of aliphatic hydroxyl groups is 2. The summed E-state index contributed by atoms with van der Waals surface area (Å²) < 4.78 is 20.8. The van der Waals surface area contributed by atoms with Gasteiger partial charge in [-0.2, -0.15) is 0 Å². The number of unbranched alkanes of at least 4 members (excludes halogenated alkanes) is 10. The first kappa shape index (κ1) is 46.8. The minimum atomic E-state index is -1.24. The summed E-state index contributed by atoms with van der Waals surface area (Å²) in [6.45, 7) is 10.9.